The molecule has 1 saturated carbocycles. The minimum Gasteiger partial charge on any atom is -0.311 e. The topological polar surface area (TPSA) is 18.5 Å². The van der Waals surface area contributed by atoms with Gasteiger partial charge in [-0.05, 0) is 33.6 Å². The van der Waals surface area contributed by atoms with Crippen LogP contribution in [-0.4, -0.2) is 60.6 Å². The Balaban J connectivity index is 1.61. The van der Waals surface area contributed by atoms with Gasteiger partial charge in [0.05, 0.1) is 0 Å². The maximum absolute atomic E-state index is 3.58. The summed E-state index contributed by atoms with van der Waals surface area (Å²) in [5.74, 6) is 0. The number of hydrogen-bond acceptors (Lipinski definition) is 3. The first-order chi connectivity index (χ1) is 8.54. The molecule has 0 atom stereocenters. The van der Waals surface area contributed by atoms with E-state index in [1.165, 1.54) is 58.4 Å². The van der Waals surface area contributed by atoms with Gasteiger partial charge in [0, 0.05) is 50.8 Å². The summed E-state index contributed by atoms with van der Waals surface area (Å²) in [7, 11) is 0. The van der Waals surface area contributed by atoms with Crippen molar-refractivity contribution in [3.8, 4) is 0 Å². The smallest absolute Gasteiger partial charge is 0.0113 e. The molecule has 0 aromatic rings. The van der Waals surface area contributed by atoms with Crippen molar-refractivity contribution in [3.05, 3.63) is 0 Å². The zero-order valence-electron chi connectivity index (χ0n) is 12.5. The summed E-state index contributed by atoms with van der Waals surface area (Å²) in [5.41, 5.74) is 0.256. The van der Waals surface area contributed by atoms with Gasteiger partial charge in [-0.25, -0.2) is 0 Å². The van der Waals surface area contributed by atoms with Gasteiger partial charge in [0.25, 0.3) is 0 Å². The molecule has 1 aliphatic carbocycles. The van der Waals surface area contributed by atoms with Gasteiger partial charge in [-0.1, -0.05) is 12.8 Å². The van der Waals surface area contributed by atoms with Gasteiger partial charge in [0.2, 0.25) is 0 Å². The van der Waals surface area contributed by atoms with Crippen LogP contribution >= 0.6 is 0 Å². The first-order valence-corrected chi connectivity index (χ1v) is 7.76. The van der Waals surface area contributed by atoms with Crippen molar-refractivity contribution < 1.29 is 0 Å². The van der Waals surface area contributed by atoms with E-state index in [0.29, 0.717) is 0 Å². The molecule has 1 heterocycles. The first-order valence-electron chi connectivity index (χ1n) is 7.76. The fourth-order valence-electron chi connectivity index (χ4n) is 3.21. The van der Waals surface area contributed by atoms with Crippen LogP contribution in [0.5, 0.6) is 0 Å². The molecule has 2 rings (SSSR count). The molecule has 3 nitrogen and oxygen atoms in total. The van der Waals surface area contributed by atoms with Gasteiger partial charge in [-0.3, -0.25) is 9.80 Å². The Kier molecular flexibility index (Phi) is 5.05. The second kappa shape index (κ2) is 6.36. The third kappa shape index (κ3) is 4.52. The Labute approximate surface area is 113 Å². The lowest BCUT2D eigenvalue weighted by Gasteiger charge is -2.38. The molecule has 2 fully saturated rings. The largest absolute Gasteiger partial charge is 0.311 e. The molecule has 0 bridgehead atoms. The summed E-state index contributed by atoms with van der Waals surface area (Å²) in [5, 5.41) is 3.58. The molecular formula is C15H31N3. The van der Waals surface area contributed by atoms with Gasteiger partial charge in [-0.15, -0.1) is 0 Å². The summed E-state index contributed by atoms with van der Waals surface area (Å²) in [4.78, 5) is 5.35. The molecule has 0 unspecified atom stereocenters. The number of nitrogens with one attached hydrogen (secondary N) is 1. The van der Waals surface area contributed by atoms with Crippen molar-refractivity contribution in [1.82, 2.24) is 15.1 Å². The van der Waals surface area contributed by atoms with Gasteiger partial charge >= 0.3 is 0 Å². The number of piperazine rings is 1. The predicted molar refractivity (Wildman–Crippen MR) is 78.0 cm³/mol. The van der Waals surface area contributed by atoms with Crippen molar-refractivity contribution >= 4 is 0 Å². The summed E-state index contributed by atoms with van der Waals surface area (Å²) in [6.07, 6.45) is 5.82. The first kappa shape index (κ1) is 14.3. The SMILES string of the molecule is CC(C)(C)NCCN1CCN(C2CCCC2)CC1. The molecule has 18 heavy (non-hydrogen) atoms. The Morgan fingerprint density at radius 1 is 1.00 bits per heavy atom. The lowest BCUT2D eigenvalue weighted by molar-refractivity contribution is 0.0973. The van der Waals surface area contributed by atoms with E-state index in [2.05, 4.69) is 35.9 Å². The molecule has 106 valence electrons. The van der Waals surface area contributed by atoms with Gasteiger partial charge in [-0.2, -0.15) is 0 Å². The van der Waals surface area contributed by atoms with Gasteiger partial charge in [0.1, 0.15) is 0 Å². The van der Waals surface area contributed by atoms with Crippen LogP contribution in [0, 0.1) is 0 Å². The van der Waals surface area contributed by atoms with Crippen LogP contribution in [0.1, 0.15) is 46.5 Å². The molecule has 0 radical (unpaired) electrons. The molecule has 0 spiro atoms. The highest BCUT2D eigenvalue weighted by molar-refractivity contribution is 4.82. The summed E-state index contributed by atoms with van der Waals surface area (Å²) < 4.78 is 0. The maximum Gasteiger partial charge on any atom is 0.0113 e. The van der Waals surface area contributed by atoms with E-state index in [1.54, 1.807) is 0 Å². The maximum atomic E-state index is 3.58. The van der Waals surface area contributed by atoms with E-state index < -0.39 is 0 Å². The van der Waals surface area contributed by atoms with Crippen LogP contribution in [0.2, 0.25) is 0 Å². The monoisotopic (exact) mass is 253 g/mol. The zero-order chi connectivity index (χ0) is 13.0. The highest BCUT2D eigenvalue weighted by atomic mass is 15.3. The van der Waals surface area contributed by atoms with Gasteiger partial charge < -0.3 is 5.32 Å². The molecule has 1 saturated heterocycles. The fraction of sp³-hybridized carbons (Fsp3) is 1.00. The fourth-order valence-corrected chi connectivity index (χ4v) is 3.21. The van der Waals surface area contributed by atoms with Crippen LogP contribution in [0.3, 0.4) is 0 Å². The molecular weight excluding hydrogens is 222 g/mol. The minimum absolute atomic E-state index is 0.256. The van der Waals surface area contributed by atoms with E-state index in [1.807, 2.05) is 0 Å². The van der Waals surface area contributed by atoms with E-state index >= 15 is 0 Å². The molecule has 1 N–H and O–H groups in total. The summed E-state index contributed by atoms with van der Waals surface area (Å²) in [6.45, 7) is 14.2. The lowest BCUT2D eigenvalue weighted by atomic mass is 10.1. The van der Waals surface area contributed by atoms with Crippen LogP contribution in [0.15, 0.2) is 0 Å². The van der Waals surface area contributed by atoms with Crippen molar-refractivity contribution in [2.45, 2.75) is 58.0 Å². The van der Waals surface area contributed by atoms with Gasteiger partial charge in [0.15, 0.2) is 0 Å². The standard InChI is InChI=1S/C15H31N3/c1-15(2,3)16-8-9-17-10-12-18(13-11-17)14-6-4-5-7-14/h14,16H,4-13H2,1-3H3. The third-order valence-corrected chi connectivity index (χ3v) is 4.33. The Bertz CT molecular complexity index is 233. The summed E-state index contributed by atoms with van der Waals surface area (Å²) in [6, 6.07) is 0.917. The normalized spacial score (nSPS) is 24.8. The Morgan fingerprint density at radius 3 is 2.17 bits per heavy atom. The highest BCUT2D eigenvalue weighted by Gasteiger charge is 2.25. The Morgan fingerprint density at radius 2 is 1.61 bits per heavy atom. The molecule has 0 amide bonds. The quantitative estimate of drug-likeness (QED) is 0.826. The van der Waals surface area contributed by atoms with Crippen LogP contribution in [0.25, 0.3) is 0 Å². The van der Waals surface area contributed by atoms with E-state index in [9.17, 15) is 0 Å². The van der Waals surface area contributed by atoms with E-state index in [0.717, 1.165) is 12.6 Å². The van der Waals surface area contributed by atoms with Crippen molar-refractivity contribution in [2.75, 3.05) is 39.3 Å². The molecule has 0 aromatic heterocycles. The van der Waals surface area contributed by atoms with Crippen molar-refractivity contribution in [1.29, 1.82) is 0 Å². The van der Waals surface area contributed by atoms with Crippen molar-refractivity contribution in [3.63, 3.8) is 0 Å². The zero-order valence-corrected chi connectivity index (χ0v) is 12.5. The number of rotatable bonds is 4. The second-order valence-corrected chi connectivity index (χ2v) is 6.99. The minimum atomic E-state index is 0.256. The average Bonchev–Trinajstić information content (AvgIpc) is 2.82. The highest BCUT2D eigenvalue weighted by Crippen LogP contribution is 2.24. The van der Waals surface area contributed by atoms with Crippen LogP contribution < -0.4 is 5.32 Å². The predicted octanol–water partition coefficient (Wildman–Crippen LogP) is 1.93. The number of hydrogen-bond donors (Lipinski definition) is 1. The second-order valence-electron chi connectivity index (χ2n) is 6.99. The molecule has 1 aliphatic heterocycles. The molecule has 0 aromatic carbocycles. The average molecular weight is 253 g/mol. The summed E-state index contributed by atoms with van der Waals surface area (Å²) >= 11 is 0. The Hall–Kier alpha value is -0.120. The van der Waals surface area contributed by atoms with Crippen LogP contribution in [0.4, 0.5) is 0 Å². The van der Waals surface area contributed by atoms with E-state index in [-0.39, 0.29) is 5.54 Å². The van der Waals surface area contributed by atoms with Crippen LogP contribution in [-0.2, 0) is 0 Å². The number of nitrogens with zero attached hydrogens (tertiary/aromatic N) is 2. The van der Waals surface area contributed by atoms with Crippen molar-refractivity contribution in [2.24, 2.45) is 0 Å². The third-order valence-electron chi connectivity index (χ3n) is 4.33. The molecule has 3 heteroatoms. The van der Waals surface area contributed by atoms with E-state index in [4.69, 9.17) is 0 Å². The lowest BCUT2D eigenvalue weighted by Crippen LogP contribution is -2.51. The molecule has 2 aliphatic rings.